The van der Waals surface area contributed by atoms with Gasteiger partial charge in [-0.3, -0.25) is 14.0 Å². The summed E-state index contributed by atoms with van der Waals surface area (Å²) in [5.41, 5.74) is 1.26. The van der Waals surface area contributed by atoms with Crippen LogP contribution in [-0.2, 0) is 4.79 Å². The molecule has 1 fully saturated rings. The van der Waals surface area contributed by atoms with Crippen LogP contribution in [0, 0.1) is 12.8 Å². The average Bonchev–Trinajstić information content (AvgIpc) is 2.88. The Morgan fingerprint density at radius 1 is 1.23 bits per heavy atom. The van der Waals surface area contributed by atoms with E-state index in [-0.39, 0.29) is 17.9 Å². The third kappa shape index (κ3) is 2.79. The van der Waals surface area contributed by atoms with Crippen LogP contribution in [0.2, 0.25) is 0 Å². The van der Waals surface area contributed by atoms with Crippen LogP contribution in [0.4, 0.5) is 0 Å². The lowest BCUT2D eigenvalue weighted by Crippen LogP contribution is -2.38. The maximum Gasteiger partial charge on any atom is 0.306 e. The van der Waals surface area contributed by atoms with Crippen LogP contribution in [0.1, 0.15) is 41.9 Å². The minimum absolute atomic E-state index is 0.0424. The molecule has 0 unspecified atom stereocenters. The third-order valence-corrected chi connectivity index (χ3v) is 4.25. The summed E-state index contributed by atoms with van der Waals surface area (Å²) in [7, 11) is 0. The van der Waals surface area contributed by atoms with Gasteiger partial charge >= 0.3 is 5.97 Å². The second kappa shape index (κ2) is 5.75. The summed E-state index contributed by atoms with van der Waals surface area (Å²) in [6.07, 6.45) is 4.36. The quantitative estimate of drug-likeness (QED) is 0.893. The van der Waals surface area contributed by atoms with Gasteiger partial charge < -0.3 is 10.4 Å². The maximum atomic E-state index is 12.3. The van der Waals surface area contributed by atoms with Crippen LogP contribution < -0.4 is 5.32 Å². The Balaban J connectivity index is 1.66. The van der Waals surface area contributed by atoms with Crippen molar-refractivity contribution in [3.8, 4) is 0 Å². The minimum atomic E-state index is -0.738. The molecule has 7 heteroatoms. The first-order chi connectivity index (χ1) is 10.5. The Hall–Kier alpha value is -2.44. The lowest BCUT2D eigenvalue weighted by Gasteiger charge is -2.26. The average molecular weight is 302 g/mol. The van der Waals surface area contributed by atoms with Crippen LogP contribution in [0.5, 0.6) is 0 Å². The second-order valence-corrected chi connectivity index (χ2v) is 5.75. The highest BCUT2D eigenvalue weighted by Gasteiger charge is 2.26. The molecule has 1 saturated carbocycles. The van der Waals surface area contributed by atoms with Crippen molar-refractivity contribution in [1.29, 1.82) is 0 Å². The molecule has 1 aliphatic rings. The predicted molar refractivity (Wildman–Crippen MR) is 78.6 cm³/mol. The Bertz CT molecular complexity index is 717. The molecule has 116 valence electrons. The number of nitrogens with zero attached hydrogens (tertiary/aromatic N) is 3. The molecular weight excluding hydrogens is 284 g/mol. The summed E-state index contributed by atoms with van der Waals surface area (Å²) in [5.74, 6) is -0.428. The van der Waals surface area contributed by atoms with E-state index in [4.69, 9.17) is 5.11 Å². The van der Waals surface area contributed by atoms with Gasteiger partial charge in [0, 0.05) is 12.2 Å². The van der Waals surface area contributed by atoms with Crippen molar-refractivity contribution in [3.63, 3.8) is 0 Å². The van der Waals surface area contributed by atoms with Crippen LogP contribution in [0.15, 0.2) is 18.3 Å². The van der Waals surface area contributed by atoms with Crippen LogP contribution in [0.3, 0.4) is 0 Å². The van der Waals surface area contributed by atoms with Gasteiger partial charge in [-0.1, -0.05) is 0 Å². The highest BCUT2D eigenvalue weighted by molar-refractivity contribution is 5.94. The van der Waals surface area contributed by atoms with Gasteiger partial charge in [0.25, 0.3) is 5.91 Å². The first kappa shape index (κ1) is 14.5. The van der Waals surface area contributed by atoms with Crippen molar-refractivity contribution in [2.45, 2.75) is 38.6 Å². The Labute approximate surface area is 127 Å². The topological polar surface area (TPSA) is 96.6 Å². The van der Waals surface area contributed by atoms with E-state index >= 15 is 0 Å². The summed E-state index contributed by atoms with van der Waals surface area (Å²) >= 11 is 0. The van der Waals surface area contributed by atoms with Gasteiger partial charge in [0.05, 0.1) is 11.5 Å². The molecule has 1 aliphatic carbocycles. The standard InChI is InChI=1S/C15H18N4O3/c1-9-17-18-13-7-4-11(8-19(9)13)14(20)16-12-5-2-10(3-6-12)15(21)22/h4,7-8,10,12H,2-3,5-6H2,1H3,(H,16,20)(H,21,22). The number of carboxylic acid groups (broad SMARTS) is 1. The zero-order valence-corrected chi connectivity index (χ0v) is 12.3. The van der Waals surface area contributed by atoms with E-state index < -0.39 is 5.97 Å². The summed E-state index contributed by atoms with van der Waals surface area (Å²) in [6.45, 7) is 1.83. The van der Waals surface area contributed by atoms with Crippen molar-refractivity contribution >= 4 is 17.5 Å². The van der Waals surface area contributed by atoms with Crippen LogP contribution >= 0.6 is 0 Å². The lowest BCUT2D eigenvalue weighted by atomic mass is 9.86. The van der Waals surface area contributed by atoms with Crippen molar-refractivity contribution in [3.05, 3.63) is 29.7 Å². The number of carbonyl (C=O) groups is 2. The fourth-order valence-corrected chi connectivity index (χ4v) is 2.89. The van der Waals surface area contributed by atoms with E-state index in [0.29, 0.717) is 36.9 Å². The second-order valence-electron chi connectivity index (χ2n) is 5.75. The molecule has 0 bridgehead atoms. The van der Waals surface area contributed by atoms with E-state index in [0.717, 1.165) is 5.82 Å². The zero-order valence-electron chi connectivity index (χ0n) is 12.3. The van der Waals surface area contributed by atoms with Gasteiger partial charge in [0.15, 0.2) is 5.65 Å². The molecule has 0 aromatic carbocycles. The molecule has 2 heterocycles. The first-order valence-corrected chi connectivity index (χ1v) is 7.39. The number of aryl methyl sites for hydroxylation is 1. The van der Waals surface area contributed by atoms with E-state index in [1.165, 1.54) is 0 Å². The SMILES string of the molecule is Cc1nnc2ccc(C(=O)NC3CCC(C(=O)O)CC3)cn12. The highest BCUT2D eigenvalue weighted by atomic mass is 16.4. The molecule has 1 amide bonds. The Kier molecular flexibility index (Phi) is 3.79. The highest BCUT2D eigenvalue weighted by Crippen LogP contribution is 2.24. The molecule has 2 N–H and O–H groups in total. The van der Waals surface area contributed by atoms with Crippen molar-refractivity contribution in [2.75, 3.05) is 0 Å². The fraction of sp³-hybridized carbons (Fsp3) is 0.467. The lowest BCUT2D eigenvalue weighted by molar-refractivity contribution is -0.142. The molecule has 2 aromatic rings. The molecular formula is C15H18N4O3. The van der Waals surface area contributed by atoms with Gasteiger partial charge in [0.1, 0.15) is 5.82 Å². The van der Waals surface area contributed by atoms with Gasteiger partial charge in [-0.25, -0.2) is 0 Å². The zero-order chi connectivity index (χ0) is 15.7. The molecule has 2 aromatic heterocycles. The monoisotopic (exact) mass is 302 g/mol. The number of carbonyl (C=O) groups excluding carboxylic acids is 1. The van der Waals surface area contributed by atoms with Crippen molar-refractivity contribution < 1.29 is 14.7 Å². The molecule has 0 aliphatic heterocycles. The van der Waals surface area contributed by atoms with Crippen LogP contribution in [-0.4, -0.2) is 37.6 Å². The van der Waals surface area contributed by atoms with E-state index in [1.807, 2.05) is 6.92 Å². The molecule has 22 heavy (non-hydrogen) atoms. The third-order valence-electron chi connectivity index (χ3n) is 4.25. The molecule has 7 nitrogen and oxygen atoms in total. The summed E-state index contributed by atoms with van der Waals surface area (Å²) in [6, 6.07) is 3.53. The summed E-state index contributed by atoms with van der Waals surface area (Å²) in [5, 5.41) is 19.9. The molecule has 0 radical (unpaired) electrons. The number of aliphatic carboxylic acids is 1. The first-order valence-electron chi connectivity index (χ1n) is 7.39. The van der Waals surface area contributed by atoms with E-state index in [1.54, 1.807) is 22.7 Å². The minimum Gasteiger partial charge on any atom is -0.481 e. The largest absolute Gasteiger partial charge is 0.481 e. The Morgan fingerprint density at radius 3 is 2.64 bits per heavy atom. The molecule has 3 rings (SSSR count). The van der Waals surface area contributed by atoms with Gasteiger partial charge in [-0.15, -0.1) is 10.2 Å². The number of carboxylic acids is 1. The predicted octanol–water partition coefficient (Wildman–Crippen LogP) is 1.41. The van der Waals surface area contributed by atoms with Crippen LogP contribution in [0.25, 0.3) is 5.65 Å². The van der Waals surface area contributed by atoms with E-state index in [9.17, 15) is 9.59 Å². The number of aromatic nitrogens is 3. The summed E-state index contributed by atoms with van der Waals surface area (Å²) < 4.78 is 1.77. The van der Waals surface area contributed by atoms with Gasteiger partial charge in [-0.05, 0) is 44.7 Å². The number of rotatable bonds is 3. The molecule has 0 atom stereocenters. The normalized spacial score (nSPS) is 21.7. The molecule has 0 saturated heterocycles. The van der Waals surface area contributed by atoms with Gasteiger partial charge in [-0.2, -0.15) is 0 Å². The van der Waals surface area contributed by atoms with E-state index in [2.05, 4.69) is 15.5 Å². The molecule has 0 spiro atoms. The smallest absolute Gasteiger partial charge is 0.306 e. The fourth-order valence-electron chi connectivity index (χ4n) is 2.89. The number of pyridine rings is 1. The number of amides is 1. The van der Waals surface area contributed by atoms with Crippen molar-refractivity contribution in [2.24, 2.45) is 5.92 Å². The number of nitrogens with one attached hydrogen (secondary N) is 1. The summed E-state index contributed by atoms with van der Waals surface area (Å²) in [4.78, 5) is 23.3. The number of hydrogen-bond donors (Lipinski definition) is 2. The van der Waals surface area contributed by atoms with Gasteiger partial charge in [0.2, 0.25) is 0 Å². The number of fused-ring (bicyclic) bond motifs is 1. The number of hydrogen-bond acceptors (Lipinski definition) is 4. The van der Waals surface area contributed by atoms with Crippen molar-refractivity contribution in [1.82, 2.24) is 19.9 Å². The maximum absolute atomic E-state index is 12.3. The Morgan fingerprint density at radius 2 is 1.95 bits per heavy atom.